The molecule has 1 aromatic heterocycles. The lowest BCUT2D eigenvalue weighted by Gasteiger charge is -2.21. The SMILES string of the molecule is CCCN(CC(=O)Nc1cc(C(C)(C)C)nn1-c1ccc(Cl)c(Cl)c1)C(=O)NCC. The van der Waals surface area contributed by atoms with Crippen molar-refractivity contribution in [2.75, 3.05) is 25.0 Å². The summed E-state index contributed by atoms with van der Waals surface area (Å²) < 4.78 is 1.62. The highest BCUT2D eigenvalue weighted by Crippen LogP contribution is 2.29. The second-order valence-corrected chi connectivity index (χ2v) is 8.79. The zero-order chi connectivity index (χ0) is 22.5. The summed E-state index contributed by atoms with van der Waals surface area (Å²) in [6, 6.07) is 6.72. The Morgan fingerprint density at radius 2 is 1.83 bits per heavy atom. The van der Waals surface area contributed by atoms with Crippen molar-refractivity contribution in [3.8, 4) is 5.69 Å². The Morgan fingerprint density at radius 3 is 2.40 bits per heavy atom. The van der Waals surface area contributed by atoms with E-state index in [2.05, 4.69) is 15.7 Å². The third-order valence-corrected chi connectivity index (χ3v) is 5.08. The Bertz CT molecular complexity index is 905. The van der Waals surface area contributed by atoms with Gasteiger partial charge in [0.2, 0.25) is 5.91 Å². The normalized spacial score (nSPS) is 11.3. The van der Waals surface area contributed by atoms with Gasteiger partial charge in [-0.1, -0.05) is 50.9 Å². The number of aromatic nitrogens is 2. The first-order valence-electron chi connectivity index (χ1n) is 9.95. The summed E-state index contributed by atoms with van der Waals surface area (Å²) in [5.41, 5.74) is 1.25. The molecule has 0 fully saturated rings. The molecule has 3 amide bonds. The lowest BCUT2D eigenvalue weighted by atomic mass is 9.92. The summed E-state index contributed by atoms with van der Waals surface area (Å²) in [4.78, 5) is 26.4. The smallest absolute Gasteiger partial charge is 0.317 e. The number of hydrogen-bond donors (Lipinski definition) is 2. The number of anilines is 1. The largest absolute Gasteiger partial charge is 0.338 e. The summed E-state index contributed by atoms with van der Waals surface area (Å²) in [6.45, 7) is 10.8. The minimum atomic E-state index is -0.309. The lowest BCUT2D eigenvalue weighted by molar-refractivity contribution is -0.116. The summed E-state index contributed by atoms with van der Waals surface area (Å²) in [5.74, 6) is 0.187. The monoisotopic (exact) mass is 453 g/mol. The van der Waals surface area contributed by atoms with E-state index < -0.39 is 0 Å². The van der Waals surface area contributed by atoms with Crippen LogP contribution in [0.4, 0.5) is 10.6 Å². The maximum Gasteiger partial charge on any atom is 0.317 e. The molecule has 0 saturated heterocycles. The quantitative estimate of drug-likeness (QED) is 0.628. The van der Waals surface area contributed by atoms with Crippen LogP contribution < -0.4 is 10.6 Å². The molecule has 0 unspecified atom stereocenters. The van der Waals surface area contributed by atoms with Gasteiger partial charge in [0.15, 0.2) is 0 Å². The average Bonchev–Trinajstić information content (AvgIpc) is 3.08. The minimum absolute atomic E-state index is 0.0585. The molecule has 7 nitrogen and oxygen atoms in total. The fraction of sp³-hybridized carbons (Fsp3) is 0.476. The number of benzene rings is 1. The van der Waals surface area contributed by atoms with Gasteiger partial charge in [-0.2, -0.15) is 5.10 Å². The maximum atomic E-state index is 12.7. The number of nitrogens with one attached hydrogen (secondary N) is 2. The molecule has 164 valence electrons. The van der Waals surface area contributed by atoms with Crippen molar-refractivity contribution in [3.05, 3.63) is 40.0 Å². The van der Waals surface area contributed by atoms with Crippen molar-refractivity contribution in [2.24, 2.45) is 0 Å². The van der Waals surface area contributed by atoms with Crippen LogP contribution in [0.25, 0.3) is 5.69 Å². The van der Waals surface area contributed by atoms with Crippen molar-refractivity contribution in [2.45, 2.75) is 46.5 Å². The van der Waals surface area contributed by atoms with Crippen molar-refractivity contribution in [3.63, 3.8) is 0 Å². The first-order chi connectivity index (χ1) is 14.1. The molecule has 0 saturated carbocycles. The van der Waals surface area contributed by atoms with Crippen LogP contribution in [0.5, 0.6) is 0 Å². The molecule has 0 aliphatic rings. The number of carbonyl (C=O) groups excluding carboxylic acids is 2. The molecule has 0 aliphatic carbocycles. The first kappa shape index (κ1) is 24.0. The molecule has 1 heterocycles. The third kappa shape index (κ3) is 6.12. The fourth-order valence-electron chi connectivity index (χ4n) is 2.79. The summed E-state index contributed by atoms with van der Waals surface area (Å²) >= 11 is 12.2. The predicted octanol–water partition coefficient (Wildman–Crippen LogP) is 4.86. The summed E-state index contributed by atoms with van der Waals surface area (Å²) in [6.07, 6.45) is 0.750. The van der Waals surface area contributed by atoms with Gasteiger partial charge in [-0.3, -0.25) is 4.79 Å². The predicted molar refractivity (Wildman–Crippen MR) is 122 cm³/mol. The molecule has 0 aliphatic heterocycles. The van der Waals surface area contributed by atoms with Gasteiger partial charge in [0.25, 0.3) is 0 Å². The third-order valence-electron chi connectivity index (χ3n) is 4.34. The van der Waals surface area contributed by atoms with Crippen LogP contribution in [0, 0.1) is 0 Å². The molecule has 30 heavy (non-hydrogen) atoms. The van der Waals surface area contributed by atoms with Crippen molar-refractivity contribution in [1.82, 2.24) is 20.0 Å². The standard InChI is InChI=1S/C21H29Cl2N5O2/c1-6-10-27(20(30)24-7-2)13-19(29)25-18-12-17(21(3,4)5)26-28(18)14-8-9-15(22)16(23)11-14/h8-9,11-12H,6-7,10,13H2,1-5H3,(H,24,30)(H,25,29). The van der Waals surface area contributed by atoms with Gasteiger partial charge >= 0.3 is 6.03 Å². The molecule has 0 radical (unpaired) electrons. The lowest BCUT2D eigenvalue weighted by Crippen LogP contribution is -2.44. The van der Waals surface area contributed by atoms with Crippen molar-refractivity contribution < 1.29 is 9.59 Å². The number of urea groups is 1. The van der Waals surface area contributed by atoms with E-state index in [-0.39, 0.29) is 23.9 Å². The highest BCUT2D eigenvalue weighted by atomic mass is 35.5. The zero-order valence-corrected chi connectivity index (χ0v) is 19.6. The molecular weight excluding hydrogens is 425 g/mol. The van der Waals surface area contributed by atoms with Crippen molar-refractivity contribution >= 4 is 41.0 Å². The molecule has 0 spiro atoms. The van der Waals surface area contributed by atoms with Gasteiger partial charge in [0, 0.05) is 24.6 Å². The minimum Gasteiger partial charge on any atom is -0.338 e. The average molecular weight is 454 g/mol. The molecule has 2 rings (SSSR count). The Kier molecular flexibility index (Phi) is 8.15. The Morgan fingerprint density at radius 1 is 1.13 bits per heavy atom. The van der Waals surface area contributed by atoms with Crippen LogP contribution in [0.2, 0.25) is 10.0 Å². The number of amides is 3. The number of halogens is 2. The molecule has 2 aromatic rings. The van der Waals surface area contributed by atoms with E-state index in [1.54, 1.807) is 22.9 Å². The molecule has 1 aromatic carbocycles. The second kappa shape index (κ2) is 10.2. The number of hydrogen-bond acceptors (Lipinski definition) is 3. The van der Waals surface area contributed by atoms with Gasteiger partial charge in [0.05, 0.1) is 21.4 Å². The summed E-state index contributed by atoms with van der Waals surface area (Å²) in [7, 11) is 0. The van der Waals surface area contributed by atoms with Crippen LogP contribution in [0.3, 0.4) is 0 Å². The van der Waals surface area contributed by atoms with E-state index in [0.29, 0.717) is 34.6 Å². The number of nitrogens with zero attached hydrogens (tertiary/aromatic N) is 3. The molecular formula is C21H29Cl2N5O2. The van der Waals surface area contributed by atoms with Gasteiger partial charge in [-0.25, -0.2) is 9.48 Å². The Balaban J connectivity index is 2.33. The molecule has 0 bridgehead atoms. The Hall–Kier alpha value is -2.25. The van der Waals surface area contributed by atoms with Gasteiger partial charge in [-0.05, 0) is 31.5 Å². The second-order valence-electron chi connectivity index (χ2n) is 7.98. The van der Waals surface area contributed by atoms with Crippen LogP contribution in [-0.4, -0.2) is 46.3 Å². The van der Waals surface area contributed by atoms with Gasteiger partial charge < -0.3 is 15.5 Å². The molecule has 0 atom stereocenters. The van der Waals surface area contributed by atoms with E-state index in [0.717, 1.165) is 12.1 Å². The number of rotatable bonds is 7. The number of carbonyl (C=O) groups is 2. The zero-order valence-electron chi connectivity index (χ0n) is 18.1. The fourth-order valence-corrected chi connectivity index (χ4v) is 3.08. The topological polar surface area (TPSA) is 79.3 Å². The molecule has 2 N–H and O–H groups in total. The molecule has 9 heteroatoms. The Labute approximate surface area is 187 Å². The van der Waals surface area contributed by atoms with Gasteiger partial charge in [-0.15, -0.1) is 0 Å². The maximum absolute atomic E-state index is 12.7. The highest BCUT2D eigenvalue weighted by molar-refractivity contribution is 6.42. The van der Waals surface area contributed by atoms with E-state index in [4.69, 9.17) is 23.2 Å². The van der Waals surface area contributed by atoms with Crippen LogP contribution in [0.1, 0.15) is 46.7 Å². The van der Waals surface area contributed by atoms with Crippen LogP contribution >= 0.6 is 23.2 Å². The van der Waals surface area contributed by atoms with E-state index in [9.17, 15) is 9.59 Å². The highest BCUT2D eigenvalue weighted by Gasteiger charge is 2.23. The first-order valence-corrected chi connectivity index (χ1v) is 10.7. The van der Waals surface area contributed by atoms with E-state index in [1.807, 2.05) is 40.7 Å². The summed E-state index contributed by atoms with van der Waals surface area (Å²) in [5, 5.41) is 11.1. The van der Waals surface area contributed by atoms with Crippen LogP contribution in [0.15, 0.2) is 24.3 Å². The van der Waals surface area contributed by atoms with E-state index in [1.165, 1.54) is 4.90 Å². The van der Waals surface area contributed by atoms with Gasteiger partial charge in [0.1, 0.15) is 12.4 Å². The van der Waals surface area contributed by atoms with E-state index >= 15 is 0 Å². The van der Waals surface area contributed by atoms with Crippen LogP contribution in [-0.2, 0) is 10.2 Å². The van der Waals surface area contributed by atoms with Crippen molar-refractivity contribution in [1.29, 1.82) is 0 Å².